The second kappa shape index (κ2) is 9.51. The lowest BCUT2D eigenvalue weighted by Crippen LogP contribution is -2.46. The quantitative estimate of drug-likeness (QED) is 0.579. The van der Waals surface area contributed by atoms with Crippen molar-refractivity contribution in [2.24, 2.45) is 5.14 Å². The van der Waals surface area contributed by atoms with E-state index in [1.807, 2.05) is 0 Å². The van der Waals surface area contributed by atoms with Crippen molar-refractivity contribution in [3.8, 4) is 5.75 Å². The molecule has 0 radical (unpaired) electrons. The molecule has 1 aliphatic rings. The summed E-state index contributed by atoms with van der Waals surface area (Å²) in [6.07, 6.45) is 4.89. The van der Waals surface area contributed by atoms with Crippen LogP contribution < -0.4 is 20.5 Å². The van der Waals surface area contributed by atoms with Gasteiger partial charge in [0, 0.05) is 6.04 Å². The van der Waals surface area contributed by atoms with Crippen LogP contribution in [-0.2, 0) is 19.6 Å². The first-order chi connectivity index (χ1) is 13.2. The highest BCUT2D eigenvalue weighted by atomic mass is 32.2. The monoisotopic (exact) mass is 413 g/mol. The molecule has 1 aromatic carbocycles. The maximum atomic E-state index is 12.2. The van der Waals surface area contributed by atoms with Crippen LogP contribution in [0.2, 0.25) is 0 Å². The highest BCUT2D eigenvalue weighted by Crippen LogP contribution is 2.22. The summed E-state index contributed by atoms with van der Waals surface area (Å²) in [4.78, 5) is 35.5. The molecule has 1 aliphatic carbocycles. The molecule has 10 nitrogen and oxygen atoms in total. The minimum atomic E-state index is -4.04. The van der Waals surface area contributed by atoms with Crippen molar-refractivity contribution in [1.29, 1.82) is 0 Å². The van der Waals surface area contributed by atoms with Crippen LogP contribution in [0.5, 0.6) is 5.75 Å². The highest BCUT2D eigenvalue weighted by molar-refractivity contribution is 7.89. The number of rotatable bonds is 6. The fourth-order valence-electron chi connectivity index (χ4n) is 2.86. The summed E-state index contributed by atoms with van der Waals surface area (Å²) in [5.74, 6) is -1.76. The first-order valence-electron chi connectivity index (χ1n) is 8.69. The number of amides is 3. The second-order valence-electron chi connectivity index (χ2n) is 6.34. The van der Waals surface area contributed by atoms with E-state index in [-0.39, 0.29) is 22.3 Å². The average Bonchev–Trinajstić information content (AvgIpc) is 2.65. The molecule has 0 unspecified atom stereocenters. The van der Waals surface area contributed by atoms with Gasteiger partial charge in [0.25, 0.3) is 5.91 Å². The maximum Gasteiger partial charge on any atom is 0.342 e. The number of sulfonamides is 1. The molecule has 0 bridgehead atoms. The number of imide groups is 1. The molecule has 1 aromatic rings. The van der Waals surface area contributed by atoms with E-state index in [0.29, 0.717) is 0 Å². The Hall–Kier alpha value is -2.66. The van der Waals surface area contributed by atoms with E-state index >= 15 is 0 Å². The van der Waals surface area contributed by atoms with Crippen LogP contribution in [-0.4, -0.2) is 46.1 Å². The molecule has 1 fully saturated rings. The number of esters is 1. The maximum absolute atomic E-state index is 12.2. The Balaban J connectivity index is 1.92. The van der Waals surface area contributed by atoms with E-state index in [2.05, 4.69) is 10.6 Å². The third kappa shape index (κ3) is 6.20. The zero-order valence-corrected chi connectivity index (χ0v) is 16.2. The number of ether oxygens (including phenoxy) is 2. The Morgan fingerprint density at radius 2 is 1.86 bits per heavy atom. The Labute approximate surface area is 162 Å². The second-order valence-corrected chi connectivity index (χ2v) is 7.90. The van der Waals surface area contributed by atoms with Crippen LogP contribution in [0.3, 0.4) is 0 Å². The number of benzene rings is 1. The number of carbonyl (C=O) groups is 3. The number of nitrogens with two attached hydrogens (primary N) is 1. The molecule has 3 amide bonds. The zero-order chi connectivity index (χ0) is 20.7. The molecule has 0 aliphatic heterocycles. The third-order valence-electron chi connectivity index (χ3n) is 4.25. The van der Waals surface area contributed by atoms with Gasteiger partial charge in [0.05, 0.1) is 12.0 Å². The normalized spacial score (nSPS) is 14.8. The first kappa shape index (κ1) is 21.6. The molecular formula is C17H23N3O7S. The van der Waals surface area contributed by atoms with Gasteiger partial charge in [-0.05, 0) is 31.0 Å². The Morgan fingerprint density at radius 1 is 1.18 bits per heavy atom. The minimum Gasteiger partial charge on any atom is -0.496 e. The molecule has 28 heavy (non-hydrogen) atoms. The van der Waals surface area contributed by atoms with Gasteiger partial charge in [0.1, 0.15) is 11.3 Å². The van der Waals surface area contributed by atoms with Crippen molar-refractivity contribution < 1.29 is 32.3 Å². The molecule has 0 aromatic heterocycles. The smallest absolute Gasteiger partial charge is 0.342 e. The molecule has 0 atom stereocenters. The summed E-state index contributed by atoms with van der Waals surface area (Å²) in [6.45, 7) is -0.723. The molecular weight excluding hydrogens is 390 g/mol. The van der Waals surface area contributed by atoms with Crippen LogP contribution >= 0.6 is 0 Å². The predicted octanol–water partition coefficient (Wildman–Crippen LogP) is 0.658. The van der Waals surface area contributed by atoms with Crippen molar-refractivity contribution in [3.05, 3.63) is 23.8 Å². The molecule has 1 saturated carbocycles. The van der Waals surface area contributed by atoms with E-state index in [1.54, 1.807) is 0 Å². The lowest BCUT2D eigenvalue weighted by atomic mass is 9.96. The number of hydrogen-bond acceptors (Lipinski definition) is 7. The van der Waals surface area contributed by atoms with Gasteiger partial charge in [-0.1, -0.05) is 19.3 Å². The first-order valence-corrected chi connectivity index (χ1v) is 10.2. The van der Waals surface area contributed by atoms with Gasteiger partial charge in [-0.25, -0.2) is 23.1 Å². The van der Waals surface area contributed by atoms with E-state index in [1.165, 1.54) is 19.2 Å². The van der Waals surface area contributed by atoms with E-state index in [0.717, 1.165) is 38.2 Å². The average molecular weight is 413 g/mol. The fraction of sp³-hybridized carbons (Fsp3) is 0.471. The minimum absolute atomic E-state index is 0.0225. The van der Waals surface area contributed by atoms with Gasteiger partial charge < -0.3 is 14.8 Å². The topological polar surface area (TPSA) is 154 Å². The van der Waals surface area contributed by atoms with Crippen molar-refractivity contribution in [2.75, 3.05) is 13.7 Å². The number of urea groups is 1. The van der Waals surface area contributed by atoms with E-state index in [9.17, 15) is 22.8 Å². The predicted molar refractivity (Wildman–Crippen MR) is 98.2 cm³/mol. The molecule has 11 heteroatoms. The number of primary sulfonamides is 1. The van der Waals surface area contributed by atoms with Gasteiger partial charge >= 0.3 is 12.0 Å². The van der Waals surface area contributed by atoms with Crippen molar-refractivity contribution in [2.45, 2.75) is 43.0 Å². The van der Waals surface area contributed by atoms with Crippen LogP contribution in [0.1, 0.15) is 42.5 Å². The van der Waals surface area contributed by atoms with E-state index in [4.69, 9.17) is 14.6 Å². The molecule has 4 N–H and O–H groups in total. The van der Waals surface area contributed by atoms with Crippen molar-refractivity contribution in [1.82, 2.24) is 10.6 Å². The van der Waals surface area contributed by atoms with Gasteiger partial charge in [-0.2, -0.15) is 0 Å². The highest BCUT2D eigenvalue weighted by Gasteiger charge is 2.21. The Kier molecular flexibility index (Phi) is 7.35. The van der Waals surface area contributed by atoms with Gasteiger partial charge in [-0.3, -0.25) is 10.1 Å². The van der Waals surface area contributed by atoms with Gasteiger partial charge in [-0.15, -0.1) is 0 Å². The Bertz CT molecular complexity index is 848. The van der Waals surface area contributed by atoms with Gasteiger partial charge in [0.2, 0.25) is 10.0 Å². The lowest BCUT2D eigenvalue weighted by molar-refractivity contribution is -0.123. The largest absolute Gasteiger partial charge is 0.496 e. The summed E-state index contributed by atoms with van der Waals surface area (Å²) in [5.41, 5.74) is -0.214. The number of nitrogens with one attached hydrogen (secondary N) is 2. The summed E-state index contributed by atoms with van der Waals surface area (Å²) in [7, 11) is -2.76. The van der Waals surface area contributed by atoms with Crippen LogP contribution in [0.25, 0.3) is 0 Å². The van der Waals surface area contributed by atoms with Crippen molar-refractivity contribution >= 4 is 27.9 Å². The number of hydrogen-bond donors (Lipinski definition) is 3. The summed E-state index contributed by atoms with van der Waals surface area (Å²) >= 11 is 0. The molecule has 154 valence electrons. The SMILES string of the molecule is COc1ccc(S(N)(=O)=O)cc1C(=O)OCC(=O)NC(=O)NC1CCCCC1. The summed E-state index contributed by atoms with van der Waals surface area (Å²) in [6, 6.07) is 2.78. The molecule has 0 heterocycles. The molecule has 2 rings (SSSR count). The fourth-order valence-corrected chi connectivity index (χ4v) is 3.40. The zero-order valence-electron chi connectivity index (χ0n) is 15.4. The Morgan fingerprint density at radius 3 is 2.46 bits per heavy atom. The summed E-state index contributed by atoms with van der Waals surface area (Å²) < 4.78 is 32.7. The summed E-state index contributed by atoms with van der Waals surface area (Å²) in [5, 5.41) is 9.83. The standard InChI is InChI=1S/C17H23N3O7S/c1-26-14-8-7-12(28(18,24)25)9-13(14)16(22)27-10-15(21)20-17(23)19-11-5-3-2-4-6-11/h7-9,11H,2-6,10H2,1H3,(H2,18,24,25)(H2,19,20,21,23). The van der Waals surface area contributed by atoms with Crippen LogP contribution in [0.15, 0.2) is 23.1 Å². The third-order valence-corrected chi connectivity index (χ3v) is 5.16. The van der Waals surface area contributed by atoms with Crippen LogP contribution in [0, 0.1) is 0 Å². The number of carbonyl (C=O) groups excluding carboxylic acids is 3. The van der Waals surface area contributed by atoms with Gasteiger partial charge in [0.15, 0.2) is 6.61 Å². The molecule has 0 spiro atoms. The number of methoxy groups -OCH3 is 1. The lowest BCUT2D eigenvalue weighted by Gasteiger charge is -2.22. The van der Waals surface area contributed by atoms with Crippen molar-refractivity contribution in [3.63, 3.8) is 0 Å². The van der Waals surface area contributed by atoms with E-state index < -0.39 is 34.5 Å². The van der Waals surface area contributed by atoms with Crippen LogP contribution in [0.4, 0.5) is 4.79 Å². The molecule has 0 saturated heterocycles.